The van der Waals surface area contributed by atoms with E-state index in [1.165, 1.54) is 29.4 Å². The van der Waals surface area contributed by atoms with Gasteiger partial charge in [0.15, 0.2) is 4.77 Å². The minimum Gasteiger partial charge on any atom is -0.331 e. The number of nitrogens with one attached hydrogen (secondary N) is 1. The minimum atomic E-state index is 0.632. The van der Waals surface area contributed by atoms with E-state index in [2.05, 4.69) is 41.6 Å². The van der Waals surface area contributed by atoms with Crippen molar-refractivity contribution in [2.75, 3.05) is 0 Å². The third kappa shape index (κ3) is 1.34. The van der Waals surface area contributed by atoms with E-state index in [1.807, 2.05) is 0 Å². The Labute approximate surface area is 100 Å². The molecule has 2 atom stereocenters. The summed E-state index contributed by atoms with van der Waals surface area (Å²) in [6.45, 7) is 4.42. The van der Waals surface area contributed by atoms with Crippen LogP contribution in [-0.4, -0.2) is 9.55 Å². The summed E-state index contributed by atoms with van der Waals surface area (Å²) in [6, 6.07) is 6.98. The zero-order valence-electron chi connectivity index (χ0n) is 9.66. The van der Waals surface area contributed by atoms with Gasteiger partial charge in [0, 0.05) is 6.04 Å². The first kappa shape index (κ1) is 10.1. The molecule has 84 valence electrons. The zero-order valence-corrected chi connectivity index (χ0v) is 10.5. The largest absolute Gasteiger partial charge is 0.331 e. The molecule has 0 aliphatic heterocycles. The third-order valence-electron chi connectivity index (χ3n) is 3.68. The Morgan fingerprint density at radius 2 is 2.31 bits per heavy atom. The van der Waals surface area contributed by atoms with Crippen LogP contribution in [0.1, 0.15) is 31.4 Å². The highest BCUT2D eigenvalue weighted by Gasteiger charge is 2.38. The Bertz CT molecular complexity index is 593. The lowest BCUT2D eigenvalue weighted by molar-refractivity contribution is 0.647. The van der Waals surface area contributed by atoms with E-state index in [0.717, 1.165) is 10.7 Å². The molecule has 1 aliphatic carbocycles. The van der Waals surface area contributed by atoms with Gasteiger partial charge in [-0.05, 0) is 43.1 Å². The molecule has 0 radical (unpaired) electrons. The highest BCUT2D eigenvalue weighted by Crippen LogP contribution is 2.47. The molecule has 1 aliphatic rings. The molecule has 0 amide bonds. The smallest absolute Gasteiger partial charge is 0.178 e. The molecule has 1 aromatic carbocycles. The van der Waals surface area contributed by atoms with E-state index < -0.39 is 0 Å². The van der Waals surface area contributed by atoms with Gasteiger partial charge in [-0.15, -0.1) is 0 Å². The number of fused-ring (bicyclic) bond motifs is 1. The Morgan fingerprint density at radius 1 is 1.50 bits per heavy atom. The van der Waals surface area contributed by atoms with Crippen LogP contribution in [0, 0.1) is 17.6 Å². The number of rotatable bonds is 2. The lowest BCUT2D eigenvalue weighted by Gasteiger charge is -2.05. The van der Waals surface area contributed by atoms with Crippen LogP contribution in [-0.2, 0) is 0 Å². The van der Waals surface area contributed by atoms with Crippen molar-refractivity contribution in [3.63, 3.8) is 0 Å². The lowest BCUT2D eigenvalue weighted by atomic mass is 10.2. The molecule has 0 bridgehead atoms. The van der Waals surface area contributed by atoms with Gasteiger partial charge in [-0.2, -0.15) is 0 Å². The van der Waals surface area contributed by atoms with Crippen molar-refractivity contribution < 1.29 is 0 Å². The maximum absolute atomic E-state index is 5.44. The van der Waals surface area contributed by atoms with Crippen molar-refractivity contribution in [1.82, 2.24) is 9.55 Å². The lowest BCUT2D eigenvalue weighted by Crippen LogP contribution is -1.97. The molecular formula is C13H16N2S. The van der Waals surface area contributed by atoms with Gasteiger partial charge >= 0.3 is 0 Å². The number of benzene rings is 1. The number of aryl methyl sites for hydroxylation is 1. The summed E-state index contributed by atoms with van der Waals surface area (Å²) >= 11 is 5.44. The number of hydrogen-bond donors (Lipinski definition) is 1. The van der Waals surface area contributed by atoms with Crippen molar-refractivity contribution in [3.8, 4) is 0 Å². The third-order valence-corrected chi connectivity index (χ3v) is 3.98. The number of imidazole rings is 1. The van der Waals surface area contributed by atoms with Gasteiger partial charge in [0.1, 0.15) is 0 Å². The molecule has 0 saturated heterocycles. The molecule has 3 heteroatoms. The number of hydrogen-bond acceptors (Lipinski definition) is 1. The first-order chi connectivity index (χ1) is 7.72. The predicted molar refractivity (Wildman–Crippen MR) is 69.3 cm³/mol. The summed E-state index contributed by atoms with van der Waals surface area (Å²) in [6.07, 6.45) is 2.54. The number of nitrogens with zero attached hydrogens (tertiary/aromatic N) is 1. The molecule has 16 heavy (non-hydrogen) atoms. The van der Waals surface area contributed by atoms with Crippen LogP contribution in [0.15, 0.2) is 18.2 Å². The van der Waals surface area contributed by atoms with Gasteiger partial charge < -0.3 is 9.55 Å². The van der Waals surface area contributed by atoms with Crippen LogP contribution in [0.4, 0.5) is 0 Å². The molecule has 1 heterocycles. The summed E-state index contributed by atoms with van der Waals surface area (Å²) < 4.78 is 3.21. The van der Waals surface area contributed by atoms with Crippen molar-refractivity contribution in [2.24, 2.45) is 5.92 Å². The first-order valence-corrected chi connectivity index (χ1v) is 6.33. The topological polar surface area (TPSA) is 20.7 Å². The van der Waals surface area contributed by atoms with Gasteiger partial charge in [0.05, 0.1) is 11.0 Å². The van der Waals surface area contributed by atoms with Crippen molar-refractivity contribution >= 4 is 23.3 Å². The summed E-state index contributed by atoms with van der Waals surface area (Å²) in [5.41, 5.74) is 3.78. The molecule has 2 nitrogen and oxygen atoms in total. The second kappa shape index (κ2) is 3.45. The maximum atomic E-state index is 5.44. The van der Waals surface area contributed by atoms with Crippen LogP contribution in [0.3, 0.4) is 0 Å². The molecule has 3 rings (SSSR count). The SMILES string of the molecule is CCC1CC1n1c(=S)[nH]c2cccc(C)c21. The maximum Gasteiger partial charge on any atom is 0.178 e. The van der Waals surface area contributed by atoms with Crippen LogP contribution < -0.4 is 0 Å². The molecule has 1 N–H and O–H groups in total. The summed E-state index contributed by atoms with van der Waals surface area (Å²) in [5, 5.41) is 0. The van der Waals surface area contributed by atoms with Crippen molar-refractivity contribution in [3.05, 3.63) is 28.5 Å². The molecule has 2 unspecified atom stereocenters. The number of aromatic amines is 1. The van der Waals surface area contributed by atoms with E-state index >= 15 is 0 Å². The number of para-hydroxylation sites is 1. The van der Waals surface area contributed by atoms with E-state index in [-0.39, 0.29) is 0 Å². The van der Waals surface area contributed by atoms with E-state index in [1.54, 1.807) is 0 Å². The number of aromatic nitrogens is 2. The fraction of sp³-hybridized carbons (Fsp3) is 0.462. The summed E-state index contributed by atoms with van der Waals surface area (Å²) in [4.78, 5) is 3.31. The Hall–Kier alpha value is -1.09. The standard InChI is InChI=1S/C13H16N2S/c1-3-9-7-11(9)15-12-8(2)5-4-6-10(12)14-13(15)16/h4-6,9,11H,3,7H2,1-2H3,(H,14,16). The van der Waals surface area contributed by atoms with E-state index in [4.69, 9.17) is 12.2 Å². The molecule has 1 saturated carbocycles. The highest BCUT2D eigenvalue weighted by molar-refractivity contribution is 7.71. The molecule has 1 fully saturated rings. The van der Waals surface area contributed by atoms with E-state index in [9.17, 15) is 0 Å². The van der Waals surface area contributed by atoms with Crippen molar-refractivity contribution in [1.29, 1.82) is 0 Å². The fourth-order valence-electron chi connectivity index (χ4n) is 2.66. The Kier molecular flexibility index (Phi) is 2.18. The van der Waals surface area contributed by atoms with Crippen LogP contribution in [0.5, 0.6) is 0 Å². The minimum absolute atomic E-state index is 0.632. The molecule has 1 aromatic heterocycles. The van der Waals surface area contributed by atoms with Crippen molar-refractivity contribution in [2.45, 2.75) is 32.7 Å². The average Bonchev–Trinajstić information content (AvgIpc) is 2.95. The molecular weight excluding hydrogens is 216 g/mol. The first-order valence-electron chi connectivity index (χ1n) is 5.92. The van der Waals surface area contributed by atoms with E-state index in [0.29, 0.717) is 6.04 Å². The quantitative estimate of drug-likeness (QED) is 0.777. The molecule has 2 aromatic rings. The van der Waals surface area contributed by atoms with Gasteiger partial charge in [-0.25, -0.2) is 0 Å². The van der Waals surface area contributed by atoms with Gasteiger partial charge in [-0.3, -0.25) is 0 Å². The van der Waals surface area contributed by atoms with Crippen LogP contribution in [0.2, 0.25) is 0 Å². The highest BCUT2D eigenvalue weighted by atomic mass is 32.1. The predicted octanol–water partition coefficient (Wildman–Crippen LogP) is 3.98. The van der Waals surface area contributed by atoms with Gasteiger partial charge in [0.2, 0.25) is 0 Å². The monoisotopic (exact) mass is 232 g/mol. The van der Waals surface area contributed by atoms with Crippen LogP contribution in [0.25, 0.3) is 11.0 Å². The Balaban J connectivity index is 2.24. The van der Waals surface area contributed by atoms with Crippen LogP contribution >= 0.6 is 12.2 Å². The average molecular weight is 232 g/mol. The fourth-order valence-corrected chi connectivity index (χ4v) is 3.00. The Morgan fingerprint density at radius 3 is 3.00 bits per heavy atom. The van der Waals surface area contributed by atoms with Gasteiger partial charge in [0.25, 0.3) is 0 Å². The zero-order chi connectivity index (χ0) is 11.3. The second-order valence-electron chi connectivity index (χ2n) is 4.74. The van der Waals surface area contributed by atoms with Gasteiger partial charge in [-0.1, -0.05) is 25.5 Å². The summed E-state index contributed by atoms with van der Waals surface area (Å²) in [7, 11) is 0. The molecule has 0 spiro atoms. The summed E-state index contributed by atoms with van der Waals surface area (Å²) in [5.74, 6) is 0.824. The number of H-pyrrole nitrogens is 1. The second-order valence-corrected chi connectivity index (χ2v) is 5.13. The normalized spacial score (nSPS) is 23.9.